The van der Waals surface area contributed by atoms with Crippen LogP contribution in [0.2, 0.25) is 0 Å². The molecule has 1 unspecified atom stereocenters. The van der Waals surface area contributed by atoms with E-state index in [0.717, 1.165) is 18.5 Å². The molecule has 2 rings (SSSR count). The van der Waals surface area contributed by atoms with Crippen LogP contribution >= 0.6 is 0 Å². The molecule has 0 spiro atoms. The molecular formula is C14H23N3O. The number of aryl methyl sites for hydroxylation is 1. The number of carbonyl (C=O) groups is 1. The first kappa shape index (κ1) is 13.1. The number of hydrogen-bond donors (Lipinski definition) is 1. The van der Waals surface area contributed by atoms with Gasteiger partial charge in [0, 0.05) is 12.2 Å². The summed E-state index contributed by atoms with van der Waals surface area (Å²) in [6.07, 6.45) is 9.20. The van der Waals surface area contributed by atoms with Gasteiger partial charge in [-0.25, -0.2) is 0 Å². The van der Waals surface area contributed by atoms with E-state index in [4.69, 9.17) is 0 Å². The Hall–Kier alpha value is -1.32. The molecule has 4 heteroatoms. The van der Waals surface area contributed by atoms with Crippen LogP contribution in [0.25, 0.3) is 0 Å². The van der Waals surface area contributed by atoms with Crippen molar-refractivity contribution in [2.24, 2.45) is 0 Å². The second-order valence-corrected chi connectivity index (χ2v) is 5.31. The maximum atomic E-state index is 12.2. The van der Waals surface area contributed by atoms with Crippen LogP contribution in [-0.4, -0.2) is 21.7 Å². The smallest absolute Gasteiger partial charge is 0.244 e. The van der Waals surface area contributed by atoms with Gasteiger partial charge in [0.25, 0.3) is 0 Å². The second kappa shape index (κ2) is 6.03. The van der Waals surface area contributed by atoms with E-state index in [-0.39, 0.29) is 11.9 Å². The molecule has 18 heavy (non-hydrogen) atoms. The minimum atomic E-state index is -0.220. The van der Waals surface area contributed by atoms with Gasteiger partial charge in [-0.1, -0.05) is 25.7 Å². The zero-order chi connectivity index (χ0) is 13.0. The predicted molar refractivity (Wildman–Crippen MR) is 71.3 cm³/mol. The molecule has 4 nitrogen and oxygen atoms in total. The molecule has 1 amide bonds. The SMILES string of the molecule is Cc1ccn(C(C)C(=O)NC2CCCCCC2)n1. The molecule has 1 atom stereocenters. The maximum absolute atomic E-state index is 12.2. The Bertz CT molecular complexity index is 391. The molecule has 0 radical (unpaired) electrons. The molecule has 1 aliphatic rings. The lowest BCUT2D eigenvalue weighted by atomic mass is 10.1. The van der Waals surface area contributed by atoms with Crippen molar-refractivity contribution in [3.8, 4) is 0 Å². The topological polar surface area (TPSA) is 46.9 Å². The van der Waals surface area contributed by atoms with E-state index in [0.29, 0.717) is 6.04 Å². The fourth-order valence-corrected chi connectivity index (χ4v) is 2.51. The Labute approximate surface area is 109 Å². The van der Waals surface area contributed by atoms with Gasteiger partial charge in [-0.3, -0.25) is 9.48 Å². The van der Waals surface area contributed by atoms with Crippen LogP contribution in [0.3, 0.4) is 0 Å². The molecule has 0 aliphatic heterocycles. The molecule has 0 aromatic carbocycles. The van der Waals surface area contributed by atoms with Gasteiger partial charge in [-0.2, -0.15) is 5.10 Å². The van der Waals surface area contributed by atoms with E-state index in [1.165, 1.54) is 25.7 Å². The van der Waals surface area contributed by atoms with Crippen molar-refractivity contribution in [2.45, 2.75) is 64.5 Å². The molecule has 0 bridgehead atoms. The van der Waals surface area contributed by atoms with E-state index in [1.807, 2.05) is 26.1 Å². The van der Waals surface area contributed by atoms with Crippen molar-refractivity contribution in [3.63, 3.8) is 0 Å². The lowest BCUT2D eigenvalue weighted by Gasteiger charge is -2.19. The summed E-state index contributed by atoms with van der Waals surface area (Å²) in [6.45, 7) is 3.84. The standard InChI is InChI=1S/C14H23N3O/c1-11-9-10-17(16-11)12(2)14(18)15-13-7-5-3-4-6-8-13/h9-10,12-13H,3-8H2,1-2H3,(H,15,18). The number of aromatic nitrogens is 2. The third-order valence-corrected chi connectivity index (χ3v) is 3.72. The number of amides is 1. The third-order valence-electron chi connectivity index (χ3n) is 3.72. The van der Waals surface area contributed by atoms with Crippen LogP contribution in [0.15, 0.2) is 12.3 Å². The highest BCUT2D eigenvalue weighted by Gasteiger charge is 2.20. The van der Waals surface area contributed by atoms with Gasteiger partial charge in [0.2, 0.25) is 5.91 Å². The second-order valence-electron chi connectivity index (χ2n) is 5.31. The maximum Gasteiger partial charge on any atom is 0.244 e. The van der Waals surface area contributed by atoms with Crippen molar-refractivity contribution in [2.75, 3.05) is 0 Å². The summed E-state index contributed by atoms with van der Waals surface area (Å²) in [4.78, 5) is 12.2. The number of nitrogens with zero attached hydrogens (tertiary/aromatic N) is 2. The molecule has 1 heterocycles. The van der Waals surface area contributed by atoms with Crippen molar-refractivity contribution in [3.05, 3.63) is 18.0 Å². The van der Waals surface area contributed by atoms with Crippen molar-refractivity contribution in [1.29, 1.82) is 0 Å². The summed E-state index contributed by atoms with van der Waals surface area (Å²) in [5, 5.41) is 7.47. The highest BCUT2D eigenvalue weighted by molar-refractivity contribution is 5.80. The molecule has 100 valence electrons. The van der Waals surface area contributed by atoms with Crippen molar-refractivity contribution in [1.82, 2.24) is 15.1 Å². The highest BCUT2D eigenvalue weighted by Crippen LogP contribution is 2.18. The summed E-state index contributed by atoms with van der Waals surface area (Å²) in [6, 6.07) is 2.07. The Morgan fingerprint density at radius 1 is 1.39 bits per heavy atom. The first-order valence-electron chi connectivity index (χ1n) is 6.99. The molecule has 1 aromatic heterocycles. The third kappa shape index (κ3) is 3.34. The van der Waals surface area contributed by atoms with Gasteiger partial charge >= 0.3 is 0 Å². The van der Waals surface area contributed by atoms with Crippen molar-refractivity contribution < 1.29 is 4.79 Å². The van der Waals surface area contributed by atoms with Gasteiger partial charge in [-0.15, -0.1) is 0 Å². The Morgan fingerprint density at radius 2 is 2.06 bits per heavy atom. The quantitative estimate of drug-likeness (QED) is 0.837. The monoisotopic (exact) mass is 249 g/mol. The number of rotatable bonds is 3. The van der Waals surface area contributed by atoms with Gasteiger partial charge < -0.3 is 5.32 Å². The average molecular weight is 249 g/mol. The van der Waals surface area contributed by atoms with E-state index in [2.05, 4.69) is 10.4 Å². The predicted octanol–water partition coefficient (Wildman–Crippen LogP) is 2.59. The van der Waals surface area contributed by atoms with Gasteiger partial charge in [0.1, 0.15) is 6.04 Å². The summed E-state index contributed by atoms with van der Waals surface area (Å²) < 4.78 is 1.74. The molecule has 1 fully saturated rings. The van der Waals surface area contributed by atoms with E-state index in [9.17, 15) is 4.79 Å². The molecular weight excluding hydrogens is 226 g/mol. The molecule has 0 saturated heterocycles. The highest BCUT2D eigenvalue weighted by atomic mass is 16.2. The first-order valence-corrected chi connectivity index (χ1v) is 6.99. The van der Waals surface area contributed by atoms with E-state index < -0.39 is 0 Å². The Balaban J connectivity index is 1.90. The average Bonchev–Trinajstić information content (AvgIpc) is 2.62. The number of hydrogen-bond acceptors (Lipinski definition) is 2. The summed E-state index contributed by atoms with van der Waals surface area (Å²) in [7, 11) is 0. The van der Waals surface area contributed by atoms with Crippen LogP contribution in [0.4, 0.5) is 0 Å². The fraction of sp³-hybridized carbons (Fsp3) is 0.714. The van der Waals surface area contributed by atoms with Crippen LogP contribution in [0.5, 0.6) is 0 Å². The van der Waals surface area contributed by atoms with Crippen LogP contribution < -0.4 is 5.32 Å². The molecule has 1 N–H and O–H groups in total. The fourth-order valence-electron chi connectivity index (χ4n) is 2.51. The van der Waals surface area contributed by atoms with Crippen LogP contribution in [0, 0.1) is 6.92 Å². The Kier molecular flexibility index (Phi) is 4.39. The Morgan fingerprint density at radius 3 is 2.61 bits per heavy atom. The van der Waals surface area contributed by atoms with E-state index in [1.54, 1.807) is 4.68 Å². The lowest BCUT2D eigenvalue weighted by Crippen LogP contribution is -2.38. The zero-order valence-corrected chi connectivity index (χ0v) is 11.4. The summed E-state index contributed by atoms with van der Waals surface area (Å²) in [5.41, 5.74) is 0.948. The van der Waals surface area contributed by atoms with E-state index >= 15 is 0 Å². The first-order chi connectivity index (χ1) is 8.66. The molecule has 1 saturated carbocycles. The minimum Gasteiger partial charge on any atom is -0.352 e. The number of carbonyl (C=O) groups excluding carboxylic acids is 1. The minimum absolute atomic E-state index is 0.0880. The molecule has 1 aliphatic carbocycles. The molecule has 1 aromatic rings. The normalized spacial score (nSPS) is 19.2. The van der Waals surface area contributed by atoms with Crippen LogP contribution in [-0.2, 0) is 4.79 Å². The van der Waals surface area contributed by atoms with Crippen LogP contribution in [0.1, 0.15) is 57.2 Å². The zero-order valence-electron chi connectivity index (χ0n) is 11.4. The van der Waals surface area contributed by atoms with Gasteiger partial charge in [-0.05, 0) is 32.8 Å². The summed E-state index contributed by atoms with van der Waals surface area (Å²) >= 11 is 0. The van der Waals surface area contributed by atoms with Gasteiger partial charge in [0.15, 0.2) is 0 Å². The largest absolute Gasteiger partial charge is 0.352 e. The number of nitrogens with one attached hydrogen (secondary N) is 1. The van der Waals surface area contributed by atoms with Crippen molar-refractivity contribution >= 4 is 5.91 Å². The lowest BCUT2D eigenvalue weighted by molar-refractivity contribution is -0.124. The van der Waals surface area contributed by atoms with Gasteiger partial charge in [0.05, 0.1) is 5.69 Å². The summed E-state index contributed by atoms with van der Waals surface area (Å²) in [5.74, 6) is 0.0880.